The summed E-state index contributed by atoms with van der Waals surface area (Å²) in [5.74, 6) is 0. The van der Waals surface area contributed by atoms with E-state index in [1.165, 1.54) is 0 Å². The van der Waals surface area contributed by atoms with Crippen molar-refractivity contribution in [1.29, 1.82) is 0 Å². The zero-order valence-corrected chi connectivity index (χ0v) is 5.58. The summed E-state index contributed by atoms with van der Waals surface area (Å²) < 4.78 is 0. The monoisotopic (exact) mass is 128 g/mol. The van der Waals surface area contributed by atoms with Crippen molar-refractivity contribution in [2.45, 2.75) is 18.5 Å². The van der Waals surface area contributed by atoms with Crippen LogP contribution in [-0.4, -0.2) is 36.9 Å². The van der Waals surface area contributed by atoms with Gasteiger partial charge >= 0.3 is 0 Å². The first kappa shape index (κ1) is 6.71. The van der Waals surface area contributed by atoms with Gasteiger partial charge in [0.1, 0.15) is 6.29 Å². The lowest BCUT2D eigenvalue weighted by atomic mass is 10.2. The molecule has 0 radical (unpaired) electrons. The van der Waals surface area contributed by atoms with Gasteiger partial charge in [0.15, 0.2) is 0 Å². The molecule has 3 heteroatoms. The van der Waals surface area contributed by atoms with Gasteiger partial charge in [-0.15, -0.1) is 0 Å². The first-order valence-corrected chi connectivity index (χ1v) is 3.15. The smallest absolute Gasteiger partial charge is 0.137 e. The van der Waals surface area contributed by atoms with Gasteiger partial charge in [-0.1, -0.05) is 0 Å². The third kappa shape index (κ3) is 1.28. The second-order valence-electron chi connectivity index (χ2n) is 2.64. The normalized spacial score (nSPS) is 37.1. The third-order valence-electron chi connectivity index (χ3n) is 1.79. The Morgan fingerprint density at radius 1 is 1.78 bits per heavy atom. The fraction of sp³-hybridized carbons (Fsp3) is 0.833. The first-order valence-electron chi connectivity index (χ1n) is 3.15. The minimum absolute atomic E-state index is 0.0694. The van der Waals surface area contributed by atoms with E-state index in [2.05, 4.69) is 0 Å². The van der Waals surface area contributed by atoms with E-state index in [4.69, 9.17) is 5.73 Å². The van der Waals surface area contributed by atoms with Gasteiger partial charge in [-0.25, -0.2) is 0 Å². The second kappa shape index (κ2) is 2.45. The highest BCUT2D eigenvalue weighted by atomic mass is 16.1. The molecule has 1 fully saturated rings. The fourth-order valence-electron chi connectivity index (χ4n) is 1.23. The van der Waals surface area contributed by atoms with Gasteiger partial charge in [-0.2, -0.15) is 0 Å². The maximum absolute atomic E-state index is 10.3. The molecule has 52 valence electrons. The van der Waals surface area contributed by atoms with E-state index in [-0.39, 0.29) is 12.1 Å². The summed E-state index contributed by atoms with van der Waals surface area (Å²) in [5.41, 5.74) is 5.59. The number of nitrogens with two attached hydrogens (primary N) is 1. The van der Waals surface area contributed by atoms with Gasteiger partial charge in [-0.05, 0) is 13.5 Å². The zero-order chi connectivity index (χ0) is 6.85. The van der Waals surface area contributed by atoms with E-state index < -0.39 is 0 Å². The van der Waals surface area contributed by atoms with Gasteiger partial charge in [0, 0.05) is 12.6 Å². The van der Waals surface area contributed by atoms with Gasteiger partial charge in [0.2, 0.25) is 0 Å². The Morgan fingerprint density at radius 3 is 2.67 bits per heavy atom. The molecule has 3 nitrogen and oxygen atoms in total. The Bertz CT molecular complexity index is 116. The summed E-state index contributed by atoms with van der Waals surface area (Å²) in [6.45, 7) is 0.851. The molecule has 0 aromatic heterocycles. The molecule has 0 spiro atoms. The second-order valence-corrected chi connectivity index (χ2v) is 2.64. The molecule has 0 bridgehead atoms. The van der Waals surface area contributed by atoms with Crippen molar-refractivity contribution >= 4 is 6.29 Å². The van der Waals surface area contributed by atoms with Crippen molar-refractivity contribution in [3.63, 3.8) is 0 Å². The molecule has 0 aliphatic carbocycles. The molecular formula is C6H12N2O. The Balaban J connectivity index is 2.47. The molecule has 2 N–H and O–H groups in total. The van der Waals surface area contributed by atoms with Crippen molar-refractivity contribution in [2.75, 3.05) is 13.6 Å². The van der Waals surface area contributed by atoms with Crippen LogP contribution in [0.5, 0.6) is 0 Å². The summed E-state index contributed by atoms with van der Waals surface area (Å²) in [5, 5.41) is 0. The molecule has 2 atom stereocenters. The predicted octanol–water partition coefficient (Wildman–Crippen LogP) is -0.783. The summed E-state index contributed by atoms with van der Waals surface area (Å²) in [7, 11) is 1.92. The van der Waals surface area contributed by atoms with Crippen LogP contribution in [0.15, 0.2) is 0 Å². The van der Waals surface area contributed by atoms with Crippen LogP contribution in [0.1, 0.15) is 6.42 Å². The van der Waals surface area contributed by atoms with Crippen LogP contribution >= 0.6 is 0 Å². The SMILES string of the molecule is CN1CC(N)CC1C=O. The van der Waals surface area contributed by atoms with Crippen molar-refractivity contribution in [1.82, 2.24) is 4.90 Å². The maximum atomic E-state index is 10.3. The lowest BCUT2D eigenvalue weighted by Crippen LogP contribution is -2.27. The molecule has 1 aliphatic rings. The third-order valence-corrected chi connectivity index (χ3v) is 1.79. The minimum Gasteiger partial charge on any atom is -0.326 e. The quantitative estimate of drug-likeness (QED) is 0.471. The highest BCUT2D eigenvalue weighted by Crippen LogP contribution is 2.10. The van der Waals surface area contributed by atoms with Crippen LogP contribution in [0.4, 0.5) is 0 Å². The number of likely N-dealkylation sites (tertiary alicyclic amines) is 1. The Labute approximate surface area is 54.8 Å². The maximum Gasteiger partial charge on any atom is 0.137 e. The van der Waals surface area contributed by atoms with E-state index in [1.54, 1.807) is 0 Å². The molecular weight excluding hydrogens is 116 g/mol. The van der Waals surface area contributed by atoms with Crippen molar-refractivity contribution in [2.24, 2.45) is 5.73 Å². The lowest BCUT2D eigenvalue weighted by Gasteiger charge is -2.10. The molecule has 0 aromatic rings. The molecule has 1 rings (SSSR count). The van der Waals surface area contributed by atoms with Crippen LogP contribution in [0.3, 0.4) is 0 Å². The molecule has 1 heterocycles. The standard InChI is InChI=1S/C6H12N2O/c1-8-3-5(7)2-6(8)4-9/h4-6H,2-3,7H2,1H3. The van der Waals surface area contributed by atoms with E-state index in [1.807, 2.05) is 11.9 Å². The Kier molecular flexibility index (Phi) is 1.83. The largest absolute Gasteiger partial charge is 0.326 e. The number of carbonyl (C=O) groups is 1. The van der Waals surface area contributed by atoms with Crippen LogP contribution in [0.25, 0.3) is 0 Å². The fourth-order valence-corrected chi connectivity index (χ4v) is 1.23. The summed E-state index contributed by atoms with van der Waals surface area (Å²) in [6.07, 6.45) is 1.78. The van der Waals surface area contributed by atoms with Crippen LogP contribution in [-0.2, 0) is 4.79 Å². The molecule has 1 aliphatic heterocycles. The summed E-state index contributed by atoms with van der Waals surface area (Å²) in [4.78, 5) is 12.2. The van der Waals surface area contributed by atoms with Crippen LogP contribution in [0.2, 0.25) is 0 Å². The van der Waals surface area contributed by atoms with Gasteiger partial charge in [0.05, 0.1) is 6.04 Å². The summed E-state index contributed by atoms with van der Waals surface area (Å²) in [6, 6.07) is 0.269. The average molecular weight is 128 g/mol. The number of rotatable bonds is 1. The van der Waals surface area contributed by atoms with Gasteiger partial charge in [-0.3, -0.25) is 4.90 Å². The van der Waals surface area contributed by atoms with Crippen molar-refractivity contribution in [3.8, 4) is 0 Å². The number of carbonyl (C=O) groups excluding carboxylic acids is 1. The first-order chi connectivity index (χ1) is 4.24. The lowest BCUT2D eigenvalue weighted by molar-refractivity contribution is -0.111. The number of aldehydes is 1. The van der Waals surface area contributed by atoms with E-state index in [9.17, 15) is 4.79 Å². The van der Waals surface area contributed by atoms with E-state index in [0.717, 1.165) is 19.3 Å². The Hall–Kier alpha value is -0.410. The number of nitrogens with zero attached hydrogens (tertiary/aromatic N) is 1. The molecule has 2 unspecified atom stereocenters. The van der Waals surface area contributed by atoms with Gasteiger partial charge < -0.3 is 10.5 Å². The molecule has 0 aromatic carbocycles. The van der Waals surface area contributed by atoms with Crippen LogP contribution < -0.4 is 5.73 Å². The highest BCUT2D eigenvalue weighted by Gasteiger charge is 2.25. The van der Waals surface area contributed by atoms with Crippen molar-refractivity contribution < 1.29 is 4.79 Å². The average Bonchev–Trinajstić information content (AvgIpc) is 2.10. The molecule has 1 saturated heterocycles. The molecule has 9 heavy (non-hydrogen) atoms. The van der Waals surface area contributed by atoms with Crippen LogP contribution in [0, 0.1) is 0 Å². The van der Waals surface area contributed by atoms with Crippen molar-refractivity contribution in [3.05, 3.63) is 0 Å². The molecule has 0 saturated carbocycles. The predicted molar refractivity (Wildman–Crippen MR) is 35.1 cm³/mol. The zero-order valence-electron chi connectivity index (χ0n) is 5.58. The topological polar surface area (TPSA) is 46.3 Å². The number of likely N-dealkylation sites (N-methyl/N-ethyl adjacent to an activating group) is 1. The Morgan fingerprint density at radius 2 is 2.44 bits per heavy atom. The van der Waals surface area contributed by atoms with E-state index in [0.29, 0.717) is 0 Å². The highest BCUT2D eigenvalue weighted by molar-refractivity contribution is 5.58. The summed E-state index contributed by atoms with van der Waals surface area (Å²) >= 11 is 0. The van der Waals surface area contributed by atoms with E-state index >= 15 is 0 Å². The number of hydrogen-bond donors (Lipinski definition) is 1. The number of hydrogen-bond acceptors (Lipinski definition) is 3. The molecule has 0 amide bonds. The van der Waals surface area contributed by atoms with Gasteiger partial charge in [0.25, 0.3) is 0 Å². The minimum atomic E-state index is 0.0694.